The molecule has 0 amide bonds. The number of aliphatic carboxylic acids is 4. The van der Waals surface area contributed by atoms with E-state index in [1.165, 1.54) is 6.92 Å². The molecule has 0 bridgehead atoms. The summed E-state index contributed by atoms with van der Waals surface area (Å²) in [5, 5.41) is 41.5. The van der Waals surface area contributed by atoms with Crippen LogP contribution in [0.25, 0.3) is 0 Å². The molecule has 0 saturated carbocycles. The third-order valence-electron chi connectivity index (χ3n) is 2.63. The largest absolute Gasteiger partial charge is 0.481 e. The van der Waals surface area contributed by atoms with Crippen molar-refractivity contribution in [3.8, 4) is 0 Å². The van der Waals surface area contributed by atoms with Gasteiger partial charge in [-0.05, 0) is 30.9 Å². The quantitative estimate of drug-likeness (QED) is 0.0586. The van der Waals surface area contributed by atoms with E-state index >= 15 is 0 Å². The second-order valence-corrected chi connectivity index (χ2v) is 6.78. The summed E-state index contributed by atoms with van der Waals surface area (Å²) in [7, 11) is -2.83. The normalized spacial score (nSPS) is 10.6. The molecule has 0 aliphatic carbocycles. The molecule has 0 rings (SSSR count). The molecule has 0 aromatic heterocycles. The number of nitrogens with zero attached hydrogens (tertiary/aromatic N) is 1. The van der Waals surface area contributed by atoms with E-state index in [4.69, 9.17) is 37.3 Å². The molecule has 0 aromatic carbocycles. The Bertz CT molecular complexity index is 795. The first-order valence-electron chi connectivity index (χ1n) is 8.86. The summed E-state index contributed by atoms with van der Waals surface area (Å²) >= 11 is 4.64. The smallest absolute Gasteiger partial charge is 0.329 e. The van der Waals surface area contributed by atoms with E-state index in [0.29, 0.717) is 19.4 Å². The maximum atomic E-state index is 10.3. The van der Waals surface area contributed by atoms with Crippen molar-refractivity contribution in [2.75, 3.05) is 13.1 Å². The predicted octanol–water partition coefficient (Wildman–Crippen LogP) is -2.17. The average molecular weight is 537 g/mol. The summed E-state index contributed by atoms with van der Waals surface area (Å²) in [5.41, 5.74) is 14.8. The number of carbonyl (C=O) groups excluding carboxylic acids is 1. The van der Waals surface area contributed by atoms with E-state index in [9.17, 15) is 32.4 Å². The number of halogens is 1. The summed E-state index contributed by atoms with van der Waals surface area (Å²) in [6.07, 6.45) is 0.207. The molecule has 0 fully saturated rings. The summed E-state index contributed by atoms with van der Waals surface area (Å²) in [5.74, 6) is -4.73. The minimum atomic E-state index is -2.83. The minimum absolute atomic E-state index is 0.112. The third kappa shape index (κ3) is 42.7. The van der Waals surface area contributed by atoms with E-state index in [0.717, 1.165) is 0 Å². The molecular formula is C15H29ClN6O11S. The van der Waals surface area contributed by atoms with Crippen LogP contribution in [0.2, 0.25) is 0 Å². The fourth-order valence-corrected chi connectivity index (χ4v) is 1.66. The maximum Gasteiger partial charge on any atom is 0.329 e. The van der Waals surface area contributed by atoms with Crippen LogP contribution in [0, 0.1) is 5.41 Å². The number of hydrogen-bond acceptors (Lipinski definition) is 11. The van der Waals surface area contributed by atoms with E-state index in [1.54, 1.807) is 0 Å². The number of rotatable bonds is 11. The average Bonchev–Trinajstić information content (AvgIpc) is 2.67. The van der Waals surface area contributed by atoms with Gasteiger partial charge in [-0.3, -0.25) is 24.6 Å². The second kappa shape index (κ2) is 24.3. The lowest BCUT2D eigenvalue weighted by Crippen LogP contribution is -2.34. The zero-order chi connectivity index (χ0) is 27.9. The maximum absolute atomic E-state index is 10.3. The van der Waals surface area contributed by atoms with E-state index < -0.39 is 52.9 Å². The monoisotopic (exact) mass is 536 g/mol. The van der Waals surface area contributed by atoms with Crippen LogP contribution in [0.15, 0.2) is 4.36 Å². The standard InChI is InChI=1S/C6H14N4O2.C5H7NO6S.C2H3ClO.C2H5NO2/c7-4(5(11)12)2-1-3-10-6(8)9;7-4(8)2-1-3(5(9)10)6-13(11)12;1-2(3)4;3-1-2(4)5/h4H,1-3,7H2,(H,11,12)(H4,8,9,10);3H,1-2H2,(H,7,8)(H,9,10);1H3;1,3H2,(H,4,5). The molecule has 0 aliphatic heterocycles. The van der Waals surface area contributed by atoms with Crippen molar-refractivity contribution < 1.29 is 52.8 Å². The Hall–Kier alpha value is -3.35. The fraction of sp³-hybridized carbons (Fsp3) is 0.600. The van der Waals surface area contributed by atoms with Crippen molar-refractivity contribution in [1.29, 1.82) is 5.41 Å². The molecule has 198 valence electrons. The highest BCUT2D eigenvalue weighted by molar-refractivity contribution is 7.61. The molecule has 12 N–H and O–H groups in total. The zero-order valence-corrected chi connectivity index (χ0v) is 19.6. The minimum Gasteiger partial charge on any atom is -0.481 e. The van der Waals surface area contributed by atoms with Crippen LogP contribution in [0.5, 0.6) is 0 Å². The van der Waals surface area contributed by atoms with Crippen molar-refractivity contribution >= 4 is 57.2 Å². The highest BCUT2D eigenvalue weighted by Crippen LogP contribution is 2.02. The van der Waals surface area contributed by atoms with Gasteiger partial charge in [0.05, 0.1) is 6.54 Å². The van der Waals surface area contributed by atoms with Gasteiger partial charge in [-0.2, -0.15) is 12.8 Å². The Morgan fingerprint density at radius 2 is 1.47 bits per heavy atom. The van der Waals surface area contributed by atoms with Crippen LogP contribution < -0.4 is 22.5 Å². The molecule has 0 radical (unpaired) electrons. The van der Waals surface area contributed by atoms with Crippen molar-refractivity contribution in [3.63, 3.8) is 0 Å². The molecular weight excluding hydrogens is 508 g/mol. The Kier molecular flexibility index (Phi) is 27.1. The molecule has 0 heterocycles. The Balaban J connectivity index is -0.000000196. The summed E-state index contributed by atoms with van der Waals surface area (Å²) in [6, 6.07) is -2.33. The van der Waals surface area contributed by atoms with Crippen molar-refractivity contribution in [2.45, 2.75) is 44.7 Å². The van der Waals surface area contributed by atoms with Crippen LogP contribution in [-0.2, 0) is 34.5 Å². The lowest BCUT2D eigenvalue weighted by atomic mass is 10.2. The zero-order valence-electron chi connectivity index (χ0n) is 18.0. The molecule has 34 heavy (non-hydrogen) atoms. The fourth-order valence-electron chi connectivity index (χ4n) is 1.25. The molecule has 0 spiro atoms. The van der Waals surface area contributed by atoms with E-state index in [1.807, 2.05) is 0 Å². The van der Waals surface area contributed by atoms with E-state index in [2.05, 4.69) is 27.0 Å². The summed E-state index contributed by atoms with van der Waals surface area (Å²) in [4.78, 5) is 49.0. The van der Waals surface area contributed by atoms with Gasteiger partial charge in [0.1, 0.15) is 6.04 Å². The first-order chi connectivity index (χ1) is 15.5. The van der Waals surface area contributed by atoms with Gasteiger partial charge in [0.25, 0.3) is 0 Å². The Morgan fingerprint density at radius 3 is 1.74 bits per heavy atom. The molecule has 0 aliphatic rings. The summed E-state index contributed by atoms with van der Waals surface area (Å²) < 4.78 is 22.8. The highest BCUT2D eigenvalue weighted by Gasteiger charge is 2.17. The first-order valence-corrected chi connectivity index (χ1v) is 10.3. The number of carbonyl (C=O) groups is 5. The number of nitrogens with two attached hydrogens (primary N) is 3. The Labute approximate surface area is 200 Å². The van der Waals surface area contributed by atoms with Crippen molar-refractivity contribution in [3.05, 3.63) is 0 Å². The Morgan fingerprint density at radius 1 is 1.03 bits per heavy atom. The van der Waals surface area contributed by atoms with Gasteiger partial charge in [0.15, 0.2) is 12.0 Å². The number of hydrogen-bond donors (Lipinski definition) is 9. The molecule has 0 aromatic rings. The highest BCUT2D eigenvalue weighted by atomic mass is 35.5. The number of carboxylic acid groups (broad SMARTS) is 4. The third-order valence-corrected chi connectivity index (χ3v) is 3.06. The molecule has 19 heteroatoms. The van der Waals surface area contributed by atoms with Crippen LogP contribution >= 0.6 is 11.6 Å². The first kappa shape index (κ1) is 37.9. The molecule has 17 nitrogen and oxygen atoms in total. The number of carboxylic acids is 4. The van der Waals surface area contributed by atoms with Crippen LogP contribution in [0.3, 0.4) is 0 Å². The van der Waals surface area contributed by atoms with Crippen LogP contribution in [-0.4, -0.2) is 89.1 Å². The lowest BCUT2D eigenvalue weighted by molar-refractivity contribution is -0.140. The second-order valence-electron chi connectivity index (χ2n) is 5.60. The topological polar surface area (TPSA) is 327 Å². The van der Waals surface area contributed by atoms with Crippen molar-refractivity contribution in [1.82, 2.24) is 5.32 Å². The number of guanidine groups is 1. The van der Waals surface area contributed by atoms with Crippen LogP contribution in [0.1, 0.15) is 32.6 Å². The van der Waals surface area contributed by atoms with E-state index in [-0.39, 0.29) is 24.2 Å². The molecule has 2 unspecified atom stereocenters. The molecule has 0 saturated heterocycles. The van der Waals surface area contributed by atoms with Gasteiger partial charge in [0, 0.05) is 19.9 Å². The van der Waals surface area contributed by atoms with Gasteiger partial charge in [-0.25, -0.2) is 4.79 Å². The van der Waals surface area contributed by atoms with Gasteiger partial charge in [-0.15, -0.1) is 0 Å². The van der Waals surface area contributed by atoms with Gasteiger partial charge < -0.3 is 42.9 Å². The van der Waals surface area contributed by atoms with Gasteiger partial charge in [0.2, 0.25) is 5.24 Å². The van der Waals surface area contributed by atoms with Gasteiger partial charge in [-0.1, -0.05) is 0 Å². The SMILES string of the molecule is CC(=O)Cl.N=C(N)NCCCC(N)C(=O)O.NCC(=O)O.O=C(O)CCC(N=S(=O)=O)C(=O)O. The number of nitrogens with one attached hydrogen (secondary N) is 2. The molecule has 2 atom stereocenters. The summed E-state index contributed by atoms with van der Waals surface area (Å²) in [6.45, 7) is 1.50. The predicted molar refractivity (Wildman–Crippen MR) is 118 cm³/mol. The van der Waals surface area contributed by atoms with Crippen LogP contribution in [0.4, 0.5) is 0 Å². The van der Waals surface area contributed by atoms with Gasteiger partial charge >= 0.3 is 34.4 Å². The lowest BCUT2D eigenvalue weighted by Gasteiger charge is -2.06. The van der Waals surface area contributed by atoms with Crippen molar-refractivity contribution in [2.24, 2.45) is 21.6 Å².